The number of nitrogens with one attached hydrogen (secondary N) is 1. The predicted octanol–water partition coefficient (Wildman–Crippen LogP) is 1.42. The first-order chi connectivity index (χ1) is 9.45. The lowest BCUT2D eigenvalue weighted by Crippen LogP contribution is -2.47. The van der Waals surface area contributed by atoms with Crippen LogP contribution in [0.2, 0.25) is 0 Å². The van der Waals surface area contributed by atoms with Crippen LogP contribution in [-0.4, -0.2) is 42.6 Å². The summed E-state index contributed by atoms with van der Waals surface area (Å²) in [6.07, 6.45) is 0.801. The Morgan fingerprint density at radius 3 is 2.20 bits per heavy atom. The maximum absolute atomic E-state index is 12.1. The fourth-order valence-corrected chi connectivity index (χ4v) is 2.38. The van der Waals surface area contributed by atoms with E-state index < -0.39 is 0 Å². The van der Waals surface area contributed by atoms with Crippen LogP contribution >= 0.6 is 0 Å². The number of nitrogens with zero attached hydrogens (tertiary/aromatic N) is 1. The largest absolute Gasteiger partial charge is 0.392 e. The van der Waals surface area contributed by atoms with Crippen LogP contribution in [0.5, 0.6) is 0 Å². The van der Waals surface area contributed by atoms with E-state index >= 15 is 0 Å². The van der Waals surface area contributed by atoms with Gasteiger partial charge < -0.3 is 10.4 Å². The Kier molecular flexibility index (Phi) is 6.68. The minimum Gasteiger partial charge on any atom is -0.392 e. The van der Waals surface area contributed by atoms with Gasteiger partial charge in [0.05, 0.1) is 12.6 Å². The molecule has 0 fully saturated rings. The van der Waals surface area contributed by atoms with Crippen molar-refractivity contribution in [2.45, 2.75) is 32.9 Å². The Morgan fingerprint density at radius 2 is 1.75 bits per heavy atom. The van der Waals surface area contributed by atoms with Gasteiger partial charge >= 0.3 is 0 Å². The Morgan fingerprint density at radius 1 is 1.20 bits per heavy atom. The molecule has 1 aromatic rings. The average Bonchev–Trinajstić information content (AvgIpc) is 2.38. The molecule has 0 bridgehead atoms. The number of aliphatic hydroxyl groups is 1. The summed E-state index contributed by atoms with van der Waals surface area (Å²) in [5, 5.41) is 12.0. The van der Waals surface area contributed by atoms with Crippen molar-refractivity contribution in [2.24, 2.45) is 5.92 Å². The van der Waals surface area contributed by atoms with Crippen LogP contribution in [0.3, 0.4) is 0 Å². The molecule has 4 heteroatoms. The van der Waals surface area contributed by atoms with Crippen LogP contribution in [0.25, 0.3) is 0 Å². The first-order valence-corrected chi connectivity index (χ1v) is 7.08. The van der Waals surface area contributed by atoms with Crippen LogP contribution in [0.4, 0.5) is 0 Å². The lowest BCUT2D eigenvalue weighted by atomic mass is 10.0. The van der Waals surface area contributed by atoms with Gasteiger partial charge in [-0.2, -0.15) is 0 Å². The van der Waals surface area contributed by atoms with Crippen molar-refractivity contribution >= 4 is 5.91 Å². The molecule has 0 aromatic heterocycles. The molecular weight excluding hydrogens is 252 g/mol. The normalized spacial score (nSPS) is 12.8. The highest BCUT2D eigenvalue weighted by atomic mass is 16.3. The Labute approximate surface area is 121 Å². The molecule has 1 aromatic carbocycles. The molecule has 0 spiro atoms. The lowest BCUT2D eigenvalue weighted by molar-refractivity contribution is -0.126. The third kappa shape index (κ3) is 4.94. The minimum atomic E-state index is -0.0910. The molecule has 112 valence electrons. The number of hydrogen-bond acceptors (Lipinski definition) is 3. The van der Waals surface area contributed by atoms with E-state index in [1.54, 1.807) is 0 Å². The number of aliphatic hydroxyl groups excluding tert-OH is 1. The number of carbonyl (C=O) groups excluding carboxylic acids is 1. The van der Waals surface area contributed by atoms with Crippen molar-refractivity contribution in [2.75, 3.05) is 20.6 Å². The number of carbonyl (C=O) groups is 1. The molecule has 0 aliphatic carbocycles. The summed E-state index contributed by atoms with van der Waals surface area (Å²) >= 11 is 0. The van der Waals surface area contributed by atoms with Crippen molar-refractivity contribution in [3.8, 4) is 0 Å². The summed E-state index contributed by atoms with van der Waals surface area (Å²) < 4.78 is 0. The third-order valence-corrected chi connectivity index (χ3v) is 3.37. The number of likely N-dealkylation sites (N-methyl/N-ethyl adjacent to an activating group) is 1. The van der Waals surface area contributed by atoms with E-state index in [4.69, 9.17) is 5.11 Å². The van der Waals surface area contributed by atoms with E-state index in [9.17, 15) is 4.79 Å². The van der Waals surface area contributed by atoms with Crippen LogP contribution in [0.15, 0.2) is 24.3 Å². The zero-order valence-corrected chi connectivity index (χ0v) is 12.9. The summed E-state index contributed by atoms with van der Waals surface area (Å²) in [6, 6.07) is 7.71. The van der Waals surface area contributed by atoms with E-state index in [1.165, 1.54) is 0 Å². The molecule has 0 aliphatic heterocycles. The van der Waals surface area contributed by atoms with E-state index in [1.807, 2.05) is 43.3 Å². The fourth-order valence-electron chi connectivity index (χ4n) is 2.38. The van der Waals surface area contributed by atoms with Crippen LogP contribution in [0, 0.1) is 5.92 Å². The second-order valence-corrected chi connectivity index (χ2v) is 5.67. The highest BCUT2D eigenvalue weighted by Crippen LogP contribution is 2.08. The van der Waals surface area contributed by atoms with Crippen molar-refractivity contribution in [3.05, 3.63) is 35.4 Å². The molecule has 0 heterocycles. The number of amides is 1. The molecule has 0 saturated carbocycles. The molecule has 1 atom stereocenters. The highest BCUT2D eigenvalue weighted by molar-refractivity contribution is 5.81. The van der Waals surface area contributed by atoms with Gasteiger partial charge in [-0.05, 0) is 37.6 Å². The summed E-state index contributed by atoms with van der Waals surface area (Å²) in [5.41, 5.74) is 2.07. The van der Waals surface area contributed by atoms with Gasteiger partial charge in [-0.25, -0.2) is 0 Å². The highest BCUT2D eigenvalue weighted by Gasteiger charge is 2.23. The summed E-state index contributed by atoms with van der Waals surface area (Å²) in [4.78, 5) is 14.1. The second-order valence-electron chi connectivity index (χ2n) is 5.67. The van der Waals surface area contributed by atoms with Gasteiger partial charge in [-0.1, -0.05) is 38.1 Å². The van der Waals surface area contributed by atoms with Crippen LogP contribution in [-0.2, 0) is 17.8 Å². The van der Waals surface area contributed by atoms with Crippen molar-refractivity contribution in [3.63, 3.8) is 0 Å². The van der Waals surface area contributed by atoms with E-state index in [-0.39, 0.29) is 24.5 Å². The molecule has 1 rings (SSSR count). The smallest absolute Gasteiger partial charge is 0.237 e. The molecule has 20 heavy (non-hydrogen) atoms. The van der Waals surface area contributed by atoms with Crippen LogP contribution < -0.4 is 5.32 Å². The summed E-state index contributed by atoms with van der Waals surface area (Å²) in [7, 11) is 3.86. The fraction of sp³-hybridized carbons (Fsp3) is 0.562. The number of hydrogen-bond donors (Lipinski definition) is 2. The second kappa shape index (κ2) is 8.02. The molecule has 1 amide bonds. The van der Waals surface area contributed by atoms with Crippen molar-refractivity contribution < 1.29 is 9.90 Å². The van der Waals surface area contributed by atoms with Crippen molar-refractivity contribution in [1.29, 1.82) is 0 Å². The average molecular weight is 278 g/mol. The zero-order valence-electron chi connectivity index (χ0n) is 12.9. The van der Waals surface area contributed by atoms with Gasteiger partial charge in [-0.3, -0.25) is 9.69 Å². The maximum Gasteiger partial charge on any atom is 0.237 e. The first-order valence-electron chi connectivity index (χ1n) is 7.08. The van der Waals surface area contributed by atoms with Gasteiger partial charge in [0, 0.05) is 6.54 Å². The minimum absolute atomic E-state index is 0.0654. The molecule has 1 unspecified atom stereocenters. The maximum atomic E-state index is 12.1. The summed E-state index contributed by atoms with van der Waals surface area (Å²) in [5.74, 6) is 0.366. The quantitative estimate of drug-likeness (QED) is 0.793. The lowest BCUT2D eigenvalue weighted by Gasteiger charge is -2.26. The monoisotopic (exact) mass is 278 g/mol. The third-order valence-electron chi connectivity index (χ3n) is 3.37. The molecule has 0 radical (unpaired) electrons. The standard InChI is InChI=1S/C16H26N2O2/c1-12(2)15(18(3)4)16(20)17-10-9-13-5-7-14(11-19)8-6-13/h5-8,12,15,19H,9-11H2,1-4H3,(H,17,20). The van der Waals surface area contributed by atoms with E-state index in [2.05, 4.69) is 19.2 Å². The Balaban J connectivity index is 2.44. The van der Waals surface area contributed by atoms with Gasteiger partial charge in [0.2, 0.25) is 5.91 Å². The first kappa shape index (κ1) is 16.7. The predicted molar refractivity (Wildman–Crippen MR) is 81.4 cm³/mol. The van der Waals surface area contributed by atoms with E-state index in [0.29, 0.717) is 6.54 Å². The Hall–Kier alpha value is -1.39. The van der Waals surface area contributed by atoms with Gasteiger partial charge in [-0.15, -0.1) is 0 Å². The SMILES string of the molecule is CC(C)C(C(=O)NCCc1ccc(CO)cc1)N(C)C. The molecule has 4 nitrogen and oxygen atoms in total. The number of rotatable bonds is 7. The molecular formula is C16H26N2O2. The molecule has 0 aliphatic rings. The molecule has 0 saturated heterocycles. The van der Waals surface area contributed by atoms with Gasteiger partial charge in [0.25, 0.3) is 0 Å². The number of benzene rings is 1. The summed E-state index contributed by atoms with van der Waals surface area (Å²) in [6.45, 7) is 4.81. The van der Waals surface area contributed by atoms with Gasteiger partial charge in [0.15, 0.2) is 0 Å². The molecule has 2 N–H and O–H groups in total. The van der Waals surface area contributed by atoms with E-state index in [0.717, 1.165) is 17.5 Å². The van der Waals surface area contributed by atoms with Crippen molar-refractivity contribution in [1.82, 2.24) is 10.2 Å². The Bertz CT molecular complexity index is 405. The van der Waals surface area contributed by atoms with Crippen LogP contribution in [0.1, 0.15) is 25.0 Å². The zero-order chi connectivity index (χ0) is 15.1. The van der Waals surface area contributed by atoms with Gasteiger partial charge in [0.1, 0.15) is 0 Å². The topological polar surface area (TPSA) is 52.6 Å².